The van der Waals surface area contributed by atoms with Gasteiger partial charge in [0.25, 0.3) is 5.91 Å². The van der Waals surface area contributed by atoms with Crippen molar-refractivity contribution in [2.24, 2.45) is 0 Å². The summed E-state index contributed by atoms with van der Waals surface area (Å²) in [5.74, 6) is 0.206. The zero-order valence-electron chi connectivity index (χ0n) is 9.29. The Bertz CT molecular complexity index is 557. The van der Waals surface area contributed by atoms with Gasteiger partial charge < -0.3 is 4.74 Å². The van der Waals surface area contributed by atoms with E-state index in [9.17, 15) is 9.59 Å². The van der Waals surface area contributed by atoms with Crippen LogP contribution in [0.2, 0.25) is 0 Å². The number of hydrogen-bond acceptors (Lipinski definition) is 3. The highest BCUT2D eigenvalue weighted by atomic mass is 16.5. The van der Waals surface area contributed by atoms with Crippen molar-refractivity contribution in [3.63, 3.8) is 0 Å². The first kappa shape index (κ1) is 11.1. The van der Waals surface area contributed by atoms with E-state index in [0.29, 0.717) is 23.3 Å². The number of nitrogens with zero attached hydrogens (tertiary/aromatic N) is 1. The Morgan fingerprint density at radius 2 is 2.00 bits per heavy atom. The predicted molar refractivity (Wildman–Crippen MR) is 62.5 cm³/mol. The van der Waals surface area contributed by atoms with Gasteiger partial charge in [0.1, 0.15) is 5.75 Å². The summed E-state index contributed by atoms with van der Waals surface area (Å²) in [6, 6.07) is 10.1. The molecule has 0 atom stereocenters. The van der Waals surface area contributed by atoms with Crippen LogP contribution in [0.4, 0.5) is 0 Å². The molecule has 0 amide bonds. The quantitative estimate of drug-likeness (QED) is 0.756. The molecule has 0 saturated heterocycles. The number of ether oxygens (including phenoxy) is 1. The Kier molecular flexibility index (Phi) is 3.05. The number of aldehydes is 1. The van der Waals surface area contributed by atoms with Crippen LogP contribution in [0, 0.1) is 0 Å². The summed E-state index contributed by atoms with van der Waals surface area (Å²) in [6.07, 6.45) is 2.20. The van der Waals surface area contributed by atoms with E-state index in [4.69, 9.17) is 4.74 Å². The summed E-state index contributed by atoms with van der Waals surface area (Å²) >= 11 is 0. The molecule has 0 N–H and O–H groups in total. The average molecular weight is 229 g/mol. The van der Waals surface area contributed by atoms with Crippen molar-refractivity contribution in [1.29, 1.82) is 0 Å². The third kappa shape index (κ3) is 1.97. The van der Waals surface area contributed by atoms with Crippen LogP contribution in [-0.4, -0.2) is 23.9 Å². The van der Waals surface area contributed by atoms with E-state index >= 15 is 0 Å². The van der Waals surface area contributed by atoms with Crippen molar-refractivity contribution >= 4 is 12.2 Å². The lowest BCUT2D eigenvalue weighted by Crippen LogP contribution is -2.14. The molecule has 0 aliphatic rings. The smallest absolute Gasteiger partial charge is 0.266 e. The lowest BCUT2D eigenvalue weighted by molar-refractivity contribution is 0.0944. The summed E-state index contributed by atoms with van der Waals surface area (Å²) in [7, 11) is 1.50. The standard InChI is InChI=1S/C13H11NO3/c1-17-12-7-3-2-6-11(12)13(16)14-8-4-5-10(14)9-15/h2-9H,1H3. The highest BCUT2D eigenvalue weighted by molar-refractivity contribution is 6.00. The van der Waals surface area contributed by atoms with Crippen molar-refractivity contribution in [2.45, 2.75) is 0 Å². The van der Waals surface area contributed by atoms with Crippen molar-refractivity contribution in [3.8, 4) is 5.75 Å². The minimum atomic E-state index is -0.283. The van der Waals surface area contributed by atoms with E-state index in [1.165, 1.54) is 11.7 Å². The number of hydrogen-bond donors (Lipinski definition) is 0. The van der Waals surface area contributed by atoms with E-state index in [-0.39, 0.29) is 5.91 Å². The number of carbonyl (C=O) groups is 2. The first-order chi connectivity index (χ1) is 8.27. The van der Waals surface area contributed by atoms with Gasteiger partial charge in [-0.05, 0) is 24.3 Å². The number of para-hydroxylation sites is 1. The largest absolute Gasteiger partial charge is 0.496 e. The van der Waals surface area contributed by atoms with Gasteiger partial charge in [0, 0.05) is 6.20 Å². The lowest BCUT2D eigenvalue weighted by atomic mass is 10.2. The summed E-state index contributed by atoms with van der Waals surface area (Å²) in [6.45, 7) is 0. The molecule has 0 bridgehead atoms. The molecular weight excluding hydrogens is 218 g/mol. The molecule has 0 aliphatic carbocycles. The fraction of sp³-hybridized carbons (Fsp3) is 0.0769. The minimum absolute atomic E-state index is 0.283. The molecule has 4 nitrogen and oxygen atoms in total. The van der Waals surface area contributed by atoms with Gasteiger partial charge in [-0.15, -0.1) is 0 Å². The third-order valence-electron chi connectivity index (χ3n) is 2.46. The summed E-state index contributed by atoms with van der Waals surface area (Å²) < 4.78 is 6.41. The van der Waals surface area contributed by atoms with Gasteiger partial charge in [-0.2, -0.15) is 0 Å². The van der Waals surface area contributed by atoms with Crippen molar-refractivity contribution in [2.75, 3.05) is 7.11 Å². The van der Waals surface area contributed by atoms with Crippen LogP contribution in [0.3, 0.4) is 0 Å². The molecule has 0 aliphatic heterocycles. The second-order valence-corrected chi connectivity index (χ2v) is 3.43. The highest BCUT2D eigenvalue weighted by Crippen LogP contribution is 2.19. The number of benzene rings is 1. The first-order valence-corrected chi connectivity index (χ1v) is 5.08. The molecule has 1 aromatic carbocycles. The normalized spacial score (nSPS) is 9.94. The van der Waals surface area contributed by atoms with Gasteiger partial charge in [0.05, 0.1) is 18.4 Å². The van der Waals surface area contributed by atoms with Crippen LogP contribution in [0.5, 0.6) is 5.75 Å². The monoisotopic (exact) mass is 229 g/mol. The molecule has 0 radical (unpaired) electrons. The molecule has 4 heteroatoms. The summed E-state index contributed by atoms with van der Waals surface area (Å²) in [5, 5.41) is 0. The van der Waals surface area contributed by atoms with Gasteiger partial charge in [-0.3, -0.25) is 14.2 Å². The van der Waals surface area contributed by atoms with E-state index < -0.39 is 0 Å². The van der Waals surface area contributed by atoms with Crippen molar-refractivity contribution in [1.82, 2.24) is 4.57 Å². The second kappa shape index (κ2) is 4.65. The molecular formula is C13H11NO3. The molecule has 1 heterocycles. The van der Waals surface area contributed by atoms with Crippen LogP contribution >= 0.6 is 0 Å². The zero-order valence-corrected chi connectivity index (χ0v) is 9.29. The Labute approximate surface area is 98.4 Å². The zero-order chi connectivity index (χ0) is 12.3. The second-order valence-electron chi connectivity index (χ2n) is 3.43. The molecule has 0 fully saturated rings. The van der Waals surface area contributed by atoms with Crippen LogP contribution < -0.4 is 4.74 Å². The molecule has 0 unspecified atom stereocenters. The summed E-state index contributed by atoms with van der Waals surface area (Å²) in [5.41, 5.74) is 0.746. The topological polar surface area (TPSA) is 48.3 Å². The third-order valence-corrected chi connectivity index (χ3v) is 2.46. The number of rotatable bonds is 3. The van der Waals surface area contributed by atoms with Crippen LogP contribution in [-0.2, 0) is 0 Å². The molecule has 17 heavy (non-hydrogen) atoms. The van der Waals surface area contributed by atoms with Crippen molar-refractivity contribution in [3.05, 3.63) is 53.9 Å². The van der Waals surface area contributed by atoms with E-state index in [1.807, 2.05) is 0 Å². The number of carbonyl (C=O) groups excluding carboxylic acids is 2. The van der Waals surface area contributed by atoms with E-state index in [1.54, 1.807) is 42.6 Å². The Hall–Kier alpha value is -2.36. The molecule has 0 spiro atoms. The Balaban J connectivity index is 2.47. The SMILES string of the molecule is COc1ccccc1C(=O)n1cccc1C=O. The van der Waals surface area contributed by atoms with Gasteiger partial charge in [-0.1, -0.05) is 12.1 Å². The summed E-state index contributed by atoms with van der Waals surface area (Å²) in [4.78, 5) is 23.0. The van der Waals surface area contributed by atoms with Gasteiger partial charge >= 0.3 is 0 Å². The molecule has 86 valence electrons. The fourth-order valence-corrected chi connectivity index (χ4v) is 1.63. The van der Waals surface area contributed by atoms with E-state index in [2.05, 4.69) is 0 Å². The minimum Gasteiger partial charge on any atom is -0.496 e. The number of methoxy groups -OCH3 is 1. The van der Waals surface area contributed by atoms with Crippen molar-refractivity contribution < 1.29 is 14.3 Å². The maximum absolute atomic E-state index is 12.2. The van der Waals surface area contributed by atoms with Gasteiger partial charge in [0.2, 0.25) is 0 Å². The average Bonchev–Trinajstić information content (AvgIpc) is 2.86. The predicted octanol–water partition coefficient (Wildman–Crippen LogP) is 2.00. The van der Waals surface area contributed by atoms with E-state index in [0.717, 1.165) is 0 Å². The Morgan fingerprint density at radius 1 is 1.24 bits per heavy atom. The molecule has 2 rings (SSSR count). The fourth-order valence-electron chi connectivity index (χ4n) is 1.63. The molecule has 1 aromatic heterocycles. The maximum atomic E-state index is 12.2. The first-order valence-electron chi connectivity index (χ1n) is 5.08. The molecule has 2 aromatic rings. The maximum Gasteiger partial charge on any atom is 0.266 e. The van der Waals surface area contributed by atoms with Crippen LogP contribution in [0.25, 0.3) is 0 Å². The number of aromatic nitrogens is 1. The van der Waals surface area contributed by atoms with Crippen LogP contribution in [0.15, 0.2) is 42.6 Å². The van der Waals surface area contributed by atoms with Crippen LogP contribution in [0.1, 0.15) is 20.8 Å². The molecule has 0 saturated carbocycles. The van der Waals surface area contributed by atoms with Gasteiger partial charge in [-0.25, -0.2) is 0 Å². The Morgan fingerprint density at radius 3 is 2.71 bits per heavy atom. The lowest BCUT2D eigenvalue weighted by Gasteiger charge is -2.08. The highest BCUT2D eigenvalue weighted by Gasteiger charge is 2.15. The van der Waals surface area contributed by atoms with Gasteiger partial charge in [0.15, 0.2) is 6.29 Å².